The van der Waals surface area contributed by atoms with Gasteiger partial charge >= 0.3 is 0 Å². The number of benzene rings is 1. The topological polar surface area (TPSA) is 29.5 Å². The summed E-state index contributed by atoms with van der Waals surface area (Å²) in [5.41, 5.74) is 1.21. The first kappa shape index (κ1) is 12.8. The fraction of sp³-hybridized carbons (Fsp3) is 0.400. The van der Waals surface area contributed by atoms with E-state index in [1.54, 1.807) is 11.3 Å². The van der Waals surface area contributed by atoms with Crippen molar-refractivity contribution in [2.45, 2.75) is 6.42 Å². The van der Waals surface area contributed by atoms with Crippen LogP contribution in [0.4, 0.5) is 0 Å². The molecule has 3 rings (SSSR count). The van der Waals surface area contributed by atoms with Gasteiger partial charge < -0.3 is 4.74 Å². The predicted molar refractivity (Wildman–Crippen MR) is 78.2 cm³/mol. The third-order valence-electron chi connectivity index (χ3n) is 3.62. The van der Waals surface area contributed by atoms with Crippen molar-refractivity contribution in [3.05, 3.63) is 34.7 Å². The second-order valence-corrected chi connectivity index (χ2v) is 5.85. The molecule has 0 saturated carbocycles. The molecule has 2 aromatic rings. The van der Waals surface area contributed by atoms with E-state index in [1.165, 1.54) is 15.6 Å². The van der Waals surface area contributed by atoms with Gasteiger partial charge in [-0.05, 0) is 23.4 Å². The standard InChI is InChI=1S/C15H17NO2S/c17-11-15-13(5-6-16-7-9-18-10-8-16)12-3-1-2-4-14(12)19-15/h1-4,11H,5-10H2. The summed E-state index contributed by atoms with van der Waals surface area (Å²) in [5, 5.41) is 1.24. The molecule has 0 aliphatic carbocycles. The van der Waals surface area contributed by atoms with Gasteiger partial charge in [0.2, 0.25) is 0 Å². The summed E-state index contributed by atoms with van der Waals surface area (Å²) in [7, 11) is 0. The summed E-state index contributed by atoms with van der Waals surface area (Å²) < 4.78 is 6.57. The van der Waals surface area contributed by atoms with E-state index in [0.29, 0.717) is 0 Å². The van der Waals surface area contributed by atoms with Crippen LogP contribution in [0.25, 0.3) is 10.1 Å². The predicted octanol–water partition coefficient (Wildman–Crippen LogP) is 2.59. The molecule has 1 aliphatic rings. The molecule has 1 aromatic carbocycles. The van der Waals surface area contributed by atoms with Gasteiger partial charge in [0, 0.05) is 24.3 Å². The highest BCUT2D eigenvalue weighted by atomic mass is 32.1. The maximum Gasteiger partial charge on any atom is 0.160 e. The second-order valence-electron chi connectivity index (χ2n) is 4.76. The molecule has 0 unspecified atom stereocenters. The highest BCUT2D eigenvalue weighted by Crippen LogP contribution is 2.30. The monoisotopic (exact) mass is 275 g/mol. The number of ether oxygens (including phenoxy) is 1. The number of aldehydes is 1. The van der Waals surface area contributed by atoms with Gasteiger partial charge in [-0.2, -0.15) is 0 Å². The Hall–Kier alpha value is -1.23. The van der Waals surface area contributed by atoms with E-state index in [1.807, 2.05) is 12.1 Å². The Bertz CT molecular complexity index is 573. The first-order valence-corrected chi connectivity index (χ1v) is 7.46. The summed E-state index contributed by atoms with van der Waals surface area (Å²) in [4.78, 5) is 14.5. The molecule has 4 heteroatoms. The van der Waals surface area contributed by atoms with Crippen molar-refractivity contribution in [3.63, 3.8) is 0 Å². The molecule has 0 radical (unpaired) electrons. The maximum atomic E-state index is 11.2. The first-order chi connectivity index (χ1) is 9.38. The zero-order chi connectivity index (χ0) is 13.1. The fourth-order valence-electron chi connectivity index (χ4n) is 2.57. The molecular weight excluding hydrogens is 258 g/mol. The van der Waals surface area contributed by atoms with Crippen molar-refractivity contribution in [1.82, 2.24) is 4.90 Å². The Kier molecular flexibility index (Phi) is 3.92. The van der Waals surface area contributed by atoms with Crippen LogP contribution in [0.1, 0.15) is 15.2 Å². The average molecular weight is 275 g/mol. The number of carbonyl (C=O) groups is 1. The number of rotatable bonds is 4. The molecule has 1 aromatic heterocycles. The number of thiophene rings is 1. The van der Waals surface area contributed by atoms with Crippen molar-refractivity contribution in [2.24, 2.45) is 0 Å². The van der Waals surface area contributed by atoms with Gasteiger partial charge in [0.15, 0.2) is 6.29 Å². The van der Waals surface area contributed by atoms with Crippen LogP contribution in [0.3, 0.4) is 0 Å². The molecule has 0 atom stereocenters. The van der Waals surface area contributed by atoms with Crippen LogP contribution in [0, 0.1) is 0 Å². The molecule has 19 heavy (non-hydrogen) atoms. The molecule has 2 heterocycles. The maximum absolute atomic E-state index is 11.2. The van der Waals surface area contributed by atoms with Crippen molar-refractivity contribution in [3.8, 4) is 0 Å². The lowest BCUT2D eigenvalue weighted by molar-refractivity contribution is 0.0384. The zero-order valence-corrected chi connectivity index (χ0v) is 11.6. The minimum absolute atomic E-state index is 0.824. The quantitative estimate of drug-likeness (QED) is 0.803. The average Bonchev–Trinajstić information content (AvgIpc) is 2.84. The van der Waals surface area contributed by atoms with Gasteiger partial charge in [0.05, 0.1) is 18.1 Å². The normalized spacial score (nSPS) is 16.8. The summed E-state index contributed by atoms with van der Waals surface area (Å²) in [5.74, 6) is 0. The van der Waals surface area contributed by atoms with Crippen LogP contribution in [0.2, 0.25) is 0 Å². The first-order valence-electron chi connectivity index (χ1n) is 6.64. The lowest BCUT2D eigenvalue weighted by atomic mass is 10.1. The fourth-order valence-corrected chi connectivity index (χ4v) is 3.63. The highest BCUT2D eigenvalue weighted by molar-refractivity contribution is 7.20. The van der Waals surface area contributed by atoms with Gasteiger partial charge in [0.25, 0.3) is 0 Å². The Morgan fingerprint density at radius 3 is 2.84 bits per heavy atom. The Morgan fingerprint density at radius 2 is 2.05 bits per heavy atom. The Balaban J connectivity index is 1.80. The lowest BCUT2D eigenvalue weighted by Gasteiger charge is -2.26. The number of hydrogen-bond acceptors (Lipinski definition) is 4. The van der Waals surface area contributed by atoms with E-state index in [9.17, 15) is 4.79 Å². The summed E-state index contributed by atoms with van der Waals surface area (Å²) in [6.07, 6.45) is 1.94. The lowest BCUT2D eigenvalue weighted by Crippen LogP contribution is -2.37. The van der Waals surface area contributed by atoms with Crippen LogP contribution >= 0.6 is 11.3 Å². The molecule has 1 fully saturated rings. The SMILES string of the molecule is O=Cc1sc2ccccc2c1CCN1CCOCC1. The van der Waals surface area contributed by atoms with E-state index in [0.717, 1.165) is 50.4 Å². The van der Waals surface area contributed by atoms with Crippen LogP contribution in [0.15, 0.2) is 24.3 Å². The van der Waals surface area contributed by atoms with Crippen molar-refractivity contribution >= 4 is 27.7 Å². The molecular formula is C15H17NO2S. The minimum atomic E-state index is 0.824. The summed E-state index contributed by atoms with van der Waals surface area (Å²) in [6, 6.07) is 8.28. The zero-order valence-electron chi connectivity index (χ0n) is 10.8. The van der Waals surface area contributed by atoms with Crippen molar-refractivity contribution in [2.75, 3.05) is 32.8 Å². The van der Waals surface area contributed by atoms with Crippen molar-refractivity contribution in [1.29, 1.82) is 0 Å². The number of morpholine rings is 1. The van der Waals surface area contributed by atoms with Crippen LogP contribution < -0.4 is 0 Å². The van der Waals surface area contributed by atoms with Gasteiger partial charge in [-0.25, -0.2) is 0 Å². The third-order valence-corrected chi connectivity index (χ3v) is 4.76. The Labute approximate surface area is 116 Å². The van der Waals surface area contributed by atoms with Gasteiger partial charge in [0.1, 0.15) is 0 Å². The molecule has 100 valence electrons. The van der Waals surface area contributed by atoms with Gasteiger partial charge in [-0.15, -0.1) is 11.3 Å². The number of carbonyl (C=O) groups excluding carboxylic acids is 1. The summed E-state index contributed by atoms with van der Waals surface area (Å²) in [6.45, 7) is 4.65. The van der Waals surface area contributed by atoms with E-state index in [2.05, 4.69) is 17.0 Å². The van der Waals surface area contributed by atoms with E-state index in [4.69, 9.17) is 4.74 Å². The molecule has 0 N–H and O–H groups in total. The number of hydrogen-bond donors (Lipinski definition) is 0. The number of fused-ring (bicyclic) bond motifs is 1. The van der Waals surface area contributed by atoms with E-state index >= 15 is 0 Å². The van der Waals surface area contributed by atoms with E-state index in [-0.39, 0.29) is 0 Å². The summed E-state index contributed by atoms with van der Waals surface area (Å²) >= 11 is 1.60. The number of nitrogens with zero attached hydrogens (tertiary/aromatic N) is 1. The van der Waals surface area contributed by atoms with Crippen LogP contribution in [-0.4, -0.2) is 44.0 Å². The largest absolute Gasteiger partial charge is 0.379 e. The Morgan fingerprint density at radius 1 is 1.26 bits per heavy atom. The highest BCUT2D eigenvalue weighted by Gasteiger charge is 2.14. The molecule has 0 amide bonds. The molecule has 1 aliphatic heterocycles. The van der Waals surface area contributed by atoms with Crippen molar-refractivity contribution < 1.29 is 9.53 Å². The van der Waals surface area contributed by atoms with Gasteiger partial charge in [-0.1, -0.05) is 18.2 Å². The van der Waals surface area contributed by atoms with Crippen LogP contribution in [-0.2, 0) is 11.2 Å². The molecule has 1 saturated heterocycles. The van der Waals surface area contributed by atoms with E-state index < -0.39 is 0 Å². The van der Waals surface area contributed by atoms with Crippen LogP contribution in [0.5, 0.6) is 0 Å². The second kappa shape index (κ2) is 5.82. The minimum Gasteiger partial charge on any atom is -0.379 e. The molecule has 3 nitrogen and oxygen atoms in total. The van der Waals surface area contributed by atoms with Gasteiger partial charge in [-0.3, -0.25) is 9.69 Å². The molecule has 0 bridgehead atoms. The third kappa shape index (κ3) is 2.71. The smallest absolute Gasteiger partial charge is 0.160 e. The molecule has 0 spiro atoms.